The van der Waals surface area contributed by atoms with Gasteiger partial charge in [0.1, 0.15) is 11.2 Å². The lowest BCUT2D eigenvalue weighted by atomic mass is 9.86. The minimum Gasteiger partial charge on any atom is -0.444 e. The maximum absolute atomic E-state index is 13.4. The van der Waals surface area contributed by atoms with Crippen LogP contribution >= 0.6 is 0 Å². The first-order valence-corrected chi connectivity index (χ1v) is 15.2. The number of carbonyl (C=O) groups is 2. The molecule has 3 aliphatic rings. The van der Waals surface area contributed by atoms with Gasteiger partial charge >= 0.3 is 12.2 Å². The minimum atomic E-state index is -0.548. The molecule has 41 heavy (non-hydrogen) atoms. The van der Waals surface area contributed by atoms with Gasteiger partial charge in [-0.05, 0) is 97.5 Å². The van der Waals surface area contributed by atoms with Gasteiger partial charge in [-0.15, -0.1) is 0 Å². The van der Waals surface area contributed by atoms with Gasteiger partial charge in [-0.3, -0.25) is 0 Å². The number of alkyl carbamates (subject to hydrolysis) is 1. The third kappa shape index (κ3) is 8.01. The Kier molecular flexibility index (Phi) is 8.09. The monoisotopic (exact) mass is 566 g/mol. The second-order valence-corrected chi connectivity index (χ2v) is 14.3. The van der Waals surface area contributed by atoms with Crippen LogP contribution < -0.4 is 5.32 Å². The van der Waals surface area contributed by atoms with Crippen molar-refractivity contribution in [1.29, 1.82) is 0 Å². The van der Waals surface area contributed by atoms with E-state index in [1.54, 1.807) is 0 Å². The molecule has 224 valence electrons. The molecule has 9 heteroatoms. The second-order valence-electron chi connectivity index (χ2n) is 14.3. The first-order valence-electron chi connectivity index (χ1n) is 15.2. The molecule has 3 aliphatic carbocycles. The van der Waals surface area contributed by atoms with E-state index in [1.165, 1.54) is 5.56 Å². The van der Waals surface area contributed by atoms with Gasteiger partial charge in [0, 0.05) is 36.9 Å². The van der Waals surface area contributed by atoms with Crippen molar-refractivity contribution in [3.05, 3.63) is 47.6 Å². The molecule has 1 N–H and O–H groups in total. The molecule has 0 bridgehead atoms. The summed E-state index contributed by atoms with van der Waals surface area (Å²) in [4.78, 5) is 32.3. The smallest absolute Gasteiger partial charge is 0.410 e. The largest absolute Gasteiger partial charge is 0.444 e. The molecule has 3 saturated carbocycles. The molecule has 9 nitrogen and oxygen atoms in total. The molecule has 1 aromatic heterocycles. The fourth-order valence-corrected chi connectivity index (χ4v) is 5.95. The Morgan fingerprint density at radius 3 is 2.27 bits per heavy atom. The summed E-state index contributed by atoms with van der Waals surface area (Å²) in [6.07, 6.45) is 6.55. The minimum absolute atomic E-state index is 0.0448. The van der Waals surface area contributed by atoms with E-state index in [0.717, 1.165) is 44.9 Å². The van der Waals surface area contributed by atoms with E-state index in [2.05, 4.69) is 34.7 Å². The number of aromatic nitrogens is 2. The molecule has 0 unspecified atom stereocenters. The van der Waals surface area contributed by atoms with Crippen LogP contribution in [-0.2, 0) is 15.9 Å². The first kappa shape index (κ1) is 29.4. The third-order valence-corrected chi connectivity index (χ3v) is 8.29. The van der Waals surface area contributed by atoms with Gasteiger partial charge in [0.25, 0.3) is 0 Å². The molecular weight excluding hydrogens is 520 g/mol. The van der Waals surface area contributed by atoms with Gasteiger partial charge in [0.2, 0.25) is 5.89 Å². The summed E-state index contributed by atoms with van der Waals surface area (Å²) in [5, 5.41) is 7.34. The highest BCUT2D eigenvalue weighted by Gasteiger charge is 2.52. The van der Waals surface area contributed by atoms with Gasteiger partial charge in [-0.25, -0.2) is 9.59 Å². The van der Waals surface area contributed by atoms with E-state index in [1.807, 2.05) is 52.5 Å². The number of hydrogen-bond donors (Lipinski definition) is 1. The lowest BCUT2D eigenvalue weighted by Crippen LogP contribution is -2.42. The normalized spacial score (nSPS) is 25.2. The van der Waals surface area contributed by atoms with Gasteiger partial charge in [0.15, 0.2) is 5.82 Å². The number of nitrogens with one attached hydrogen (secondary N) is 1. The zero-order valence-electron chi connectivity index (χ0n) is 25.4. The Bertz CT molecular complexity index is 1200. The molecule has 2 atom stereocenters. The molecule has 0 spiro atoms. The lowest BCUT2D eigenvalue weighted by molar-refractivity contribution is 0.0186. The zero-order valence-corrected chi connectivity index (χ0v) is 25.4. The Morgan fingerprint density at radius 2 is 1.66 bits per heavy atom. The van der Waals surface area contributed by atoms with Crippen LogP contribution in [0.4, 0.5) is 9.59 Å². The third-order valence-electron chi connectivity index (χ3n) is 8.29. The summed E-state index contributed by atoms with van der Waals surface area (Å²) in [6.45, 7) is 12.0. The average molecular weight is 567 g/mol. The predicted molar refractivity (Wildman–Crippen MR) is 155 cm³/mol. The summed E-state index contributed by atoms with van der Waals surface area (Å²) in [5.41, 5.74) is 0.172. The summed E-state index contributed by atoms with van der Waals surface area (Å²) < 4.78 is 17.0. The van der Waals surface area contributed by atoms with Crippen LogP contribution in [-0.4, -0.2) is 57.1 Å². The molecule has 0 radical (unpaired) electrons. The van der Waals surface area contributed by atoms with Gasteiger partial charge < -0.3 is 24.2 Å². The fourth-order valence-electron chi connectivity index (χ4n) is 5.95. The molecule has 3 fully saturated rings. The lowest BCUT2D eigenvalue weighted by Gasteiger charge is -2.30. The number of hydrogen-bond acceptors (Lipinski definition) is 7. The van der Waals surface area contributed by atoms with Gasteiger partial charge in [-0.1, -0.05) is 35.5 Å². The van der Waals surface area contributed by atoms with E-state index < -0.39 is 11.2 Å². The van der Waals surface area contributed by atoms with Crippen LogP contribution in [0.15, 0.2) is 34.9 Å². The number of ether oxygens (including phenoxy) is 2. The second kappa shape index (κ2) is 11.3. The maximum atomic E-state index is 13.4. The van der Waals surface area contributed by atoms with Crippen LogP contribution in [0.3, 0.4) is 0 Å². The zero-order chi connectivity index (χ0) is 29.4. The number of rotatable bonds is 8. The Hall–Kier alpha value is -3.10. The van der Waals surface area contributed by atoms with E-state index in [0.29, 0.717) is 30.6 Å². The quantitative estimate of drug-likeness (QED) is 0.377. The van der Waals surface area contributed by atoms with Crippen LogP contribution in [0.2, 0.25) is 0 Å². The summed E-state index contributed by atoms with van der Waals surface area (Å²) in [7, 11) is 0. The summed E-state index contributed by atoms with van der Waals surface area (Å²) >= 11 is 0. The van der Waals surface area contributed by atoms with Gasteiger partial charge in [-0.2, -0.15) is 4.98 Å². The molecule has 2 aromatic rings. The number of amides is 2. The maximum Gasteiger partial charge on any atom is 0.410 e. The average Bonchev–Trinajstić information content (AvgIpc) is 3.78. The molecule has 2 amide bonds. The van der Waals surface area contributed by atoms with E-state index in [4.69, 9.17) is 19.0 Å². The Labute approximate surface area is 243 Å². The van der Waals surface area contributed by atoms with Crippen molar-refractivity contribution in [3.8, 4) is 0 Å². The Balaban J connectivity index is 1.18. The highest BCUT2D eigenvalue weighted by molar-refractivity contribution is 5.70. The van der Waals surface area contributed by atoms with Crippen LogP contribution in [0.25, 0.3) is 0 Å². The molecule has 1 aromatic carbocycles. The number of carbonyl (C=O) groups excluding carboxylic acids is 2. The van der Waals surface area contributed by atoms with Crippen LogP contribution in [0.1, 0.15) is 116 Å². The number of nitrogens with zero attached hydrogens (tertiary/aromatic N) is 3. The number of benzene rings is 1. The molecule has 5 rings (SSSR count). The van der Waals surface area contributed by atoms with Crippen LogP contribution in [0.5, 0.6) is 0 Å². The van der Waals surface area contributed by atoms with Crippen molar-refractivity contribution in [2.24, 2.45) is 5.41 Å². The van der Waals surface area contributed by atoms with E-state index in [9.17, 15) is 9.59 Å². The standard InChI is InChI=1S/C32H46N4O5/c1-30(2,3)39-28(37)33-23-14-12-22(13-15-23)27-34-26(35-41-27)19-32(16-17-32)20-36(29(38)40-31(4,5)6)25-18-24(25)21-10-8-7-9-11-21/h7-11,22-25H,12-20H2,1-6H3,(H,33,37)/t22-,23-,24-,25+/m0/s1. The van der Waals surface area contributed by atoms with Crippen molar-refractivity contribution in [2.45, 2.75) is 128 Å². The first-order chi connectivity index (χ1) is 19.3. The SMILES string of the molecule is CC(C)(C)OC(=O)N[C@H]1CC[C@H](c2nc(CC3(CN(C(=O)OC(C)(C)C)[C@@H]4C[C@H]4c4ccccc4)CC3)no2)CC1. The van der Waals surface area contributed by atoms with E-state index >= 15 is 0 Å². The predicted octanol–water partition coefficient (Wildman–Crippen LogP) is 6.74. The van der Waals surface area contributed by atoms with Crippen molar-refractivity contribution in [1.82, 2.24) is 20.4 Å². The topological polar surface area (TPSA) is 107 Å². The van der Waals surface area contributed by atoms with E-state index in [-0.39, 0.29) is 35.6 Å². The van der Waals surface area contributed by atoms with Crippen molar-refractivity contribution >= 4 is 12.2 Å². The fraction of sp³-hybridized carbons (Fsp3) is 0.688. The molecule has 0 aliphatic heterocycles. The molecule has 1 heterocycles. The van der Waals surface area contributed by atoms with Crippen molar-refractivity contribution < 1.29 is 23.6 Å². The highest BCUT2D eigenvalue weighted by Crippen LogP contribution is 2.52. The molecular formula is C32H46N4O5. The Morgan fingerprint density at radius 1 is 1.00 bits per heavy atom. The summed E-state index contributed by atoms with van der Waals surface area (Å²) in [6, 6.07) is 10.7. The van der Waals surface area contributed by atoms with Gasteiger partial charge in [0.05, 0.1) is 0 Å². The van der Waals surface area contributed by atoms with Crippen LogP contribution in [0, 0.1) is 5.41 Å². The highest BCUT2D eigenvalue weighted by atomic mass is 16.6. The van der Waals surface area contributed by atoms with Crippen molar-refractivity contribution in [3.63, 3.8) is 0 Å². The summed E-state index contributed by atoms with van der Waals surface area (Å²) in [5.74, 6) is 1.93. The van der Waals surface area contributed by atoms with Crippen molar-refractivity contribution in [2.75, 3.05) is 6.54 Å². The molecule has 0 saturated heterocycles.